The van der Waals surface area contributed by atoms with Crippen molar-refractivity contribution in [2.24, 2.45) is 0 Å². The number of nitrogens with zero attached hydrogens (tertiary/aromatic N) is 2. The van der Waals surface area contributed by atoms with Crippen LogP contribution in [0.5, 0.6) is 0 Å². The lowest BCUT2D eigenvalue weighted by atomic mass is 10.1. The van der Waals surface area contributed by atoms with E-state index in [1.165, 1.54) is 24.3 Å². The summed E-state index contributed by atoms with van der Waals surface area (Å²) in [6.45, 7) is 1.96. The first-order chi connectivity index (χ1) is 9.18. The fourth-order valence-corrected chi connectivity index (χ4v) is 3.34. The Balaban J connectivity index is 1.90. The van der Waals surface area contributed by atoms with Crippen molar-refractivity contribution in [2.45, 2.75) is 31.8 Å². The van der Waals surface area contributed by atoms with E-state index >= 15 is 0 Å². The van der Waals surface area contributed by atoms with E-state index in [0.717, 1.165) is 0 Å². The number of amides is 1. The molecule has 0 bridgehead atoms. The van der Waals surface area contributed by atoms with E-state index in [4.69, 9.17) is 0 Å². The number of carbonyl (C=O) groups is 1. The van der Waals surface area contributed by atoms with E-state index in [0.29, 0.717) is 11.9 Å². The lowest BCUT2D eigenvalue weighted by Gasteiger charge is -2.34. The molecule has 5 heteroatoms. The van der Waals surface area contributed by atoms with Gasteiger partial charge in [0, 0.05) is 12.2 Å². The average molecular weight is 279 g/mol. The molecule has 2 rings (SSSR count). The first-order valence-corrected chi connectivity index (χ1v) is 7.85. The van der Waals surface area contributed by atoms with Crippen molar-refractivity contribution >= 4 is 23.5 Å². The molecule has 0 radical (unpaired) electrons. The second kappa shape index (κ2) is 6.91. The molecule has 1 aromatic rings. The van der Waals surface area contributed by atoms with Crippen LogP contribution in [0.3, 0.4) is 0 Å². The molecule has 1 N–H and O–H groups in total. The van der Waals surface area contributed by atoms with Gasteiger partial charge in [-0.25, -0.2) is 4.98 Å². The van der Waals surface area contributed by atoms with Crippen molar-refractivity contribution in [3.8, 4) is 0 Å². The molecule has 1 amide bonds. The highest BCUT2D eigenvalue weighted by Crippen LogP contribution is 2.22. The molecule has 4 nitrogen and oxygen atoms in total. The molecule has 104 valence electrons. The largest absolute Gasteiger partial charge is 0.309 e. The van der Waals surface area contributed by atoms with E-state index in [1.54, 1.807) is 6.20 Å². The van der Waals surface area contributed by atoms with Gasteiger partial charge in [-0.3, -0.25) is 9.69 Å². The van der Waals surface area contributed by atoms with Crippen molar-refractivity contribution in [1.29, 1.82) is 0 Å². The fourth-order valence-electron chi connectivity index (χ4n) is 2.26. The summed E-state index contributed by atoms with van der Waals surface area (Å²) in [6.07, 6.45) is 4.02. The van der Waals surface area contributed by atoms with Gasteiger partial charge < -0.3 is 5.32 Å². The van der Waals surface area contributed by atoms with E-state index in [9.17, 15) is 4.79 Å². The molecule has 1 fully saturated rings. The zero-order chi connectivity index (χ0) is 13.7. The van der Waals surface area contributed by atoms with Gasteiger partial charge in [-0.1, -0.05) is 6.07 Å². The second-order valence-corrected chi connectivity index (χ2v) is 6.11. The molecular formula is C14H21N3OS. The van der Waals surface area contributed by atoms with Crippen LogP contribution in [-0.2, 0) is 4.79 Å². The van der Waals surface area contributed by atoms with Crippen LogP contribution in [-0.4, -0.2) is 46.4 Å². The van der Waals surface area contributed by atoms with E-state index < -0.39 is 0 Å². The monoisotopic (exact) mass is 279 g/mol. The first-order valence-electron chi connectivity index (χ1n) is 6.70. The molecule has 0 aromatic carbocycles. The molecule has 0 saturated carbocycles. The standard InChI is InChI=1S/C14H21N3OS/c1-11(17(2)12-6-9-19-10-7-12)14(18)16-13-5-3-4-8-15-13/h3-5,8,11-12H,6-7,9-10H2,1-2H3,(H,15,16,18). The Bertz CT molecular complexity index is 406. The maximum atomic E-state index is 12.2. The Morgan fingerprint density at radius 3 is 2.84 bits per heavy atom. The van der Waals surface area contributed by atoms with E-state index in [-0.39, 0.29) is 11.9 Å². The smallest absolute Gasteiger partial charge is 0.242 e. The predicted octanol–water partition coefficient (Wildman–Crippen LogP) is 2.24. The number of rotatable bonds is 4. The minimum atomic E-state index is -0.130. The number of hydrogen-bond acceptors (Lipinski definition) is 4. The maximum Gasteiger partial charge on any atom is 0.242 e. The summed E-state index contributed by atoms with van der Waals surface area (Å²) in [4.78, 5) is 18.5. The Morgan fingerprint density at radius 2 is 2.21 bits per heavy atom. The van der Waals surface area contributed by atoms with Gasteiger partial charge in [0.25, 0.3) is 0 Å². The van der Waals surface area contributed by atoms with Crippen LogP contribution in [0.4, 0.5) is 5.82 Å². The minimum absolute atomic E-state index is 0.0134. The third kappa shape index (κ3) is 3.94. The maximum absolute atomic E-state index is 12.2. The normalized spacial score (nSPS) is 18.3. The van der Waals surface area contributed by atoms with E-state index in [1.807, 2.05) is 43.9 Å². The number of pyridine rings is 1. The van der Waals surface area contributed by atoms with Crippen LogP contribution in [0, 0.1) is 0 Å². The average Bonchev–Trinajstić information content (AvgIpc) is 2.47. The summed E-state index contributed by atoms with van der Waals surface area (Å²) in [5.41, 5.74) is 0. The van der Waals surface area contributed by atoms with Gasteiger partial charge in [-0.2, -0.15) is 11.8 Å². The number of aromatic nitrogens is 1. The summed E-state index contributed by atoms with van der Waals surface area (Å²) < 4.78 is 0. The second-order valence-electron chi connectivity index (χ2n) is 4.89. The number of anilines is 1. The number of nitrogens with one attached hydrogen (secondary N) is 1. The minimum Gasteiger partial charge on any atom is -0.309 e. The molecule has 0 aliphatic carbocycles. The molecule has 0 spiro atoms. The van der Waals surface area contributed by atoms with Crippen molar-refractivity contribution in [3.63, 3.8) is 0 Å². The first kappa shape index (κ1) is 14.3. The number of thioether (sulfide) groups is 1. The van der Waals surface area contributed by atoms with Crippen LogP contribution in [0.1, 0.15) is 19.8 Å². The van der Waals surface area contributed by atoms with Gasteiger partial charge in [0.1, 0.15) is 5.82 Å². The van der Waals surface area contributed by atoms with E-state index in [2.05, 4.69) is 15.2 Å². The Kier molecular flexibility index (Phi) is 5.22. The Labute approximate surface area is 119 Å². The van der Waals surface area contributed by atoms with Crippen LogP contribution >= 0.6 is 11.8 Å². The third-order valence-corrected chi connectivity index (χ3v) is 4.72. The van der Waals surface area contributed by atoms with Gasteiger partial charge in [-0.05, 0) is 50.5 Å². The highest BCUT2D eigenvalue weighted by molar-refractivity contribution is 7.99. The zero-order valence-corrected chi connectivity index (χ0v) is 12.3. The van der Waals surface area contributed by atoms with Crippen LogP contribution in [0.25, 0.3) is 0 Å². The van der Waals surface area contributed by atoms with Gasteiger partial charge in [0.2, 0.25) is 5.91 Å². The van der Waals surface area contributed by atoms with Crippen molar-refractivity contribution < 1.29 is 4.79 Å². The summed E-state index contributed by atoms with van der Waals surface area (Å²) in [5, 5.41) is 2.86. The molecule has 1 aliphatic heterocycles. The van der Waals surface area contributed by atoms with Crippen LogP contribution in [0.15, 0.2) is 24.4 Å². The summed E-state index contributed by atoms with van der Waals surface area (Å²) in [6, 6.07) is 5.91. The highest BCUT2D eigenvalue weighted by Gasteiger charge is 2.26. The summed E-state index contributed by atoms with van der Waals surface area (Å²) >= 11 is 2.00. The molecule has 2 heterocycles. The lowest BCUT2D eigenvalue weighted by Crippen LogP contribution is -2.46. The molecule has 1 atom stereocenters. The molecule has 1 saturated heterocycles. The SMILES string of the molecule is CC(C(=O)Nc1ccccn1)N(C)C1CCSCC1. The predicted molar refractivity (Wildman–Crippen MR) is 80.4 cm³/mol. The van der Waals surface area contributed by atoms with Crippen LogP contribution in [0.2, 0.25) is 0 Å². The van der Waals surface area contributed by atoms with Gasteiger partial charge in [-0.15, -0.1) is 0 Å². The zero-order valence-electron chi connectivity index (χ0n) is 11.5. The third-order valence-electron chi connectivity index (χ3n) is 3.67. The van der Waals surface area contributed by atoms with Crippen molar-refractivity contribution in [2.75, 3.05) is 23.9 Å². The molecule has 1 unspecified atom stereocenters. The molecule has 1 aromatic heterocycles. The van der Waals surface area contributed by atoms with Crippen molar-refractivity contribution in [3.05, 3.63) is 24.4 Å². The van der Waals surface area contributed by atoms with Crippen molar-refractivity contribution in [1.82, 2.24) is 9.88 Å². The number of likely N-dealkylation sites (N-methyl/N-ethyl adjacent to an activating group) is 1. The van der Waals surface area contributed by atoms with Gasteiger partial charge in [0.05, 0.1) is 6.04 Å². The molecule has 1 aliphatic rings. The summed E-state index contributed by atoms with van der Waals surface area (Å²) in [7, 11) is 2.04. The fraction of sp³-hybridized carbons (Fsp3) is 0.571. The number of hydrogen-bond donors (Lipinski definition) is 1. The number of carbonyl (C=O) groups excluding carboxylic acids is 1. The van der Waals surface area contributed by atoms with Crippen LogP contribution < -0.4 is 5.32 Å². The Hall–Kier alpha value is -1.07. The topological polar surface area (TPSA) is 45.2 Å². The molecular weight excluding hydrogens is 258 g/mol. The lowest BCUT2D eigenvalue weighted by molar-refractivity contribution is -0.121. The molecule has 19 heavy (non-hydrogen) atoms. The van der Waals surface area contributed by atoms with Gasteiger partial charge >= 0.3 is 0 Å². The highest BCUT2D eigenvalue weighted by atomic mass is 32.2. The van der Waals surface area contributed by atoms with Gasteiger partial charge in [0.15, 0.2) is 0 Å². The summed E-state index contributed by atoms with van der Waals surface area (Å²) in [5.74, 6) is 3.03. The Morgan fingerprint density at radius 1 is 1.47 bits per heavy atom. The quantitative estimate of drug-likeness (QED) is 0.918.